The van der Waals surface area contributed by atoms with Gasteiger partial charge in [-0.15, -0.1) is 0 Å². The molecule has 0 atom stereocenters. The van der Waals surface area contributed by atoms with Crippen LogP contribution in [0.3, 0.4) is 0 Å². The molecule has 0 aliphatic rings. The van der Waals surface area contributed by atoms with Gasteiger partial charge in [-0.3, -0.25) is 0 Å². The predicted octanol–water partition coefficient (Wildman–Crippen LogP) is 15.7. The van der Waals surface area contributed by atoms with Crippen molar-refractivity contribution in [3.63, 3.8) is 0 Å². The number of para-hydroxylation sites is 1. The summed E-state index contributed by atoms with van der Waals surface area (Å²) < 4.78 is 6.76. The van der Waals surface area contributed by atoms with Crippen molar-refractivity contribution in [2.75, 3.05) is 0 Å². The molecule has 0 aliphatic carbocycles. The first-order chi connectivity index (χ1) is 31.2. The van der Waals surface area contributed by atoms with Crippen LogP contribution >= 0.6 is 0 Å². The highest BCUT2D eigenvalue weighted by atomic mass is 16.3. The summed E-state index contributed by atoms with van der Waals surface area (Å²) >= 11 is 0. The number of benzene rings is 10. The van der Waals surface area contributed by atoms with Crippen LogP contribution in [0.4, 0.5) is 0 Å². The van der Waals surface area contributed by atoms with Crippen LogP contribution < -0.4 is 0 Å². The number of nitrogens with zero attached hydrogens (tertiary/aromatic N) is 3. The molecule has 0 amide bonds. The highest BCUT2D eigenvalue weighted by Crippen LogP contribution is 2.41. The minimum Gasteiger partial charge on any atom is -0.455 e. The van der Waals surface area contributed by atoms with Crippen LogP contribution in [-0.2, 0) is 0 Å². The lowest BCUT2D eigenvalue weighted by Crippen LogP contribution is -2.00. The van der Waals surface area contributed by atoms with E-state index in [0.29, 0.717) is 17.5 Å². The Labute approximate surface area is 364 Å². The number of fused-ring (bicyclic) bond motifs is 5. The van der Waals surface area contributed by atoms with Crippen molar-refractivity contribution < 1.29 is 4.42 Å². The van der Waals surface area contributed by atoms with E-state index in [4.69, 9.17) is 19.4 Å². The molecule has 12 aromatic rings. The lowest BCUT2D eigenvalue weighted by Gasteiger charge is -2.11. The normalized spacial score (nSPS) is 11.5. The van der Waals surface area contributed by atoms with Gasteiger partial charge in [0.1, 0.15) is 11.2 Å². The van der Waals surface area contributed by atoms with Crippen LogP contribution in [0.5, 0.6) is 0 Å². The largest absolute Gasteiger partial charge is 0.455 e. The third-order valence-corrected chi connectivity index (χ3v) is 12.2. The topological polar surface area (TPSA) is 51.8 Å². The number of rotatable bonds is 7. The molecule has 0 radical (unpaired) electrons. The second kappa shape index (κ2) is 15.2. The van der Waals surface area contributed by atoms with E-state index in [1.165, 1.54) is 32.7 Å². The molecule has 0 saturated carbocycles. The maximum absolute atomic E-state index is 6.76. The van der Waals surface area contributed by atoms with E-state index in [1.807, 2.05) is 18.2 Å². The van der Waals surface area contributed by atoms with Gasteiger partial charge < -0.3 is 4.42 Å². The molecule has 63 heavy (non-hydrogen) atoms. The van der Waals surface area contributed by atoms with Gasteiger partial charge in [0.05, 0.1) is 0 Å². The van der Waals surface area contributed by atoms with Crippen molar-refractivity contribution in [3.05, 3.63) is 224 Å². The monoisotopic (exact) mass is 803 g/mol. The van der Waals surface area contributed by atoms with E-state index in [-0.39, 0.29) is 0 Å². The van der Waals surface area contributed by atoms with Gasteiger partial charge in [-0.1, -0.05) is 206 Å². The number of furan rings is 1. The minimum atomic E-state index is 0.583. The maximum atomic E-state index is 6.76. The highest BCUT2D eigenvalue weighted by molar-refractivity contribution is 6.15. The average molecular weight is 804 g/mol. The smallest absolute Gasteiger partial charge is 0.164 e. The highest BCUT2D eigenvalue weighted by Gasteiger charge is 2.20. The number of hydrogen-bond acceptors (Lipinski definition) is 4. The van der Waals surface area contributed by atoms with Crippen LogP contribution in [0.25, 0.3) is 122 Å². The molecule has 0 aliphatic heterocycles. The lowest BCUT2D eigenvalue weighted by molar-refractivity contribution is 0.670. The summed E-state index contributed by atoms with van der Waals surface area (Å²) in [7, 11) is 0. The van der Waals surface area contributed by atoms with E-state index >= 15 is 0 Å². The Kier molecular flexibility index (Phi) is 8.79. The van der Waals surface area contributed by atoms with Gasteiger partial charge in [-0.25, -0.2) is 15.0 Å². The second-order valence-corrected chi connectivity index (χ2v) is 16.0. The first-order valence-electron chi connectivity index (χ1n) is 21.2. The SMILES string of the molecule is c1ccc(-c2ccc(-c3nc(-c4ccc(-c5ccc6ccccc6c5)cc4)nc(-c4cccc5oc6c(-c7ccc(-c8ccc9ccccc9c8)cc7)cccc6c45)n3)cc2)cc1. The summed E-state index contributed by atoms with van der Waals surface area (Å²) in [5.74, 6) is 1.79. The fraction of sp³-hybridized carbons (Fsp3) is 0. The van der Waals surface area contributed by atoms with Crippen LogP contribution in [0.15, 0.2) is 229 Å². The Morgan fingerprint density at radius 3 is 1.29 bits per heavy atom. The zero-order chi connectivity index (χ0) is 41.7. The standard InChI is InChI=1S/C59H37N3O/c1-2-10-38(11-3-1)41-22-30-45(31-23-41)57-60-58(46-32-24-43(25-33-46)50-35-27-40-13-5-7-15-48(40)37-50)62-59(61-57)53-18-9-19-54-55(53)52-17-8-16-51(56(52)63-54)44-28-20-42(21-29-44)49-34-26-39-12-4-6-14-47(39)36-49/h1-37H. The Balaban J connectivity index is 0.958. The molecular weight excluding hydrogens is 767 g/mol. The molecule has 0 spiro atoms. The lowest BCUT2D eigenvalue weighted by atomic mass is 9.97. The number of hydrogen-bond donors (Lipinski definition) is 0. The molecule has 2 aromatic heterocycles. The summed E-state index contributed by atoms with van der Waals surface area (Å²) in [5.41, 5.74) is 13.4. The Bertz CT molecular complexity index is 3650. The molecule has 294 valence electrons. The van der Waals surface area contributed by atoms with Gasteiger partial charge in [0, 0.05) is 33.0 Å². The van der Waals surface area contributed by atoms with E-state index < -0.39 is 0 Å². The summed E-state index contributed by atoms with van der Waals surface area (Å²) in [6, 6.07) is 78.8. The fourth-order valence-electron chi connectivity index (χ4n) is 8.85. The summed E-state index contributed by atoms with van der Waals surface area (Å²) in [5, 5.41) is 6.89. The van der Waals surface area contributed by atoms with Crippen LogP contribution in [-0.4, -0.2) is 15.0 Å². The minimum absolute atomic E-state index is 0.583. The third-order valence-electron chi connectivity index (χ3n) is 12.2. The molecule has 0 bridgehead atoms. The van der Waals surface area contributed by atoms with Gasteiger partial charge in [-0.2, -0.15) is 0 Å². The fourth-order valence-corrected chi connectivity index (χ4v) is 8.85. The second-order valence-electron chi connectivity index (χ2n) is 16.0. The molecule has 4 nitrogen and oxygen atoms in total. The van der Waals surface area contributed by atoms with Gasteiger partial charge in [-0.05, 0) is 78.7 Å². The molecule has 2 heterocycles. The van der Waals surface area contributed by atoms with Crippen molar-refractivity contribution in [2.24, 2.45) is 0 Å². The average Bonchev–Trinajstić information content (AvgIpc) is 3.76. The van der Waals surface area contributed by atoms with Crippen molar-refractivity contribution in [1.82, 2.24) is 15.0 Å². The molecule has 0 saturated heterocycles. The van der Waals surface area contributed by atoms with E-state index in [0.717, 1.165) is 72.0 Å². The van der Waals surface area contributed by atoms with Gasteiger partial charge in [0.25, 0.3) is 0 Å². The zero-order valence-electron chi connectivity index (χ0n) is 34.1. The van der Waals surface area contributed by atoms with E-state index in [2.05, 4.69) is 206 Å². The summed E-state index contributed by atoms with van der Waals surface area (Å²) in [4.78, 5) is 15.6. The molecule has 12 rings (SSSR count). The Morgan fingerprint density at radius 1 is 0.270 bits per heavy atom. The Morgan fingerprint density at radius 2 is 0.698 bits per heavy atom. The Hall–Kier alpha value is -8.47. The number of aromatic nitrogens is 3. The summed E-state index contributed by atoms with van der Waals surface area (Å²) in [6.07, 6.45) is 0. The molecular formula is C59H37N3O. The molecule has 10 aromatic carbocycles. The van der Waals surface area contributed by atoms with E-state index in [9.17, 15) is 0 Å². The first kappa shape index (κ1) is 36.4. The van der Waals surface area contributed by atoms with Crippen LogP contribution in [0, 0.1) is 0 Å². The zero-order valence-corrected chi connectivity index (χ0v) is 34.1. The molecule has 4 heteroatoms. The van der Waals surface area contributed by atoms with Gasteiger partial charge in [0.2, 0.25) is 0 Å². The van der Waals surface area contributed by atoms with Crippen molar-refractivity contribution in [3.8, 4) is 78.7 Å². The van der Waals surface area contributed by atoms with Crippen molar-refractivity contribution in [1.29, 1.82) is 0 Å². The summed E-state index contributed by atoms with van der Waals surface area (Å²) in [6.45, 7) is 0. The van der Waals surface area contributed by atoms with Crippen LogP contribution in [0.1, 0.15) is 0 Å². The predicted molar refractivity (Wildman–Crippen MR) is 260 cm³/mol. The van der Waals surface area contributed by atoms with Gasteiger partial charge in [0.15, 0.2) is 17.5 Å². The molecule has 0 N–H and O–H groups in total. The van der Waals surface area contributed by atoms with Crippen molar-refractivity contribution in [2.45, 2.75) is 0 Å². The van der Waals surface area contributed by atoms with Crippen LogP contribution in [0.2, 0.25) is 0 Å². The maximum Gasteiger partial charge on any atom is 0.164 e. The molecule has 0 fully saturated rings. The first-order valence-corrected chi connectivity index (χ1v) is 21.2. The third kappa shape index (κ3) is 6.71. The van der Waals surface area contributed by atoms with E-state index in [1.54, 1.807) is 0 Å². The quantitative estimate of drug-likeness (QED) is 0.161. The van der Waals surface area contributed by atoms with Gasteiger partial charge >= 0.3 is 0 Å². The van der Waals surface area contributed by atoms with Crippen molar-refractivity contribution >= 4 is 43.5 Å². The molecule has 0 unspecified atom stereocenters.